The lowest BCUT2D eigenvalue weighted by molar-refractivity contribution is 0.309. The minimum atomic E-state index is -4.15. The average Bonchev–Trinajstić information content (AvgIpc) is 3.22. The SMILES string of the molecule is [2H]c1cc(-n2c(-c3nonc3NC([2H])([2H])C([2H])([2H])NS(C)(=O)=O)noc2=O)cc(Br)c1F. The molecule has 0 radical (unpaired) electrons. The number of hydrogen-bond donors (Lipinski definition) is 2. The van der Waals surface area contributed by atoms with E-state index in [-0.39, 0.29) is 10.2 Å². The fraction of sp³-hybridized carbons (Fsp3) is 0.231. The van der Waals surface area contributed by atoms with Crippen LogP contribution in [0.25, 0.3) is 17.2 Å². The van der Waals surface area contributed by atoms with Gasteiger partial charge in [0.25, 0.3) is 0 Å². The molecule has 11 nitrogen and oxygen atoms in total. The van der Waals surface area contributed by atoms with Gasteiger partial charge in [0, 0.05) is 15.7 Å². The first-order chi connectivity index (χ1) is 14.6. The van der Waals surface area contributed by atoms with Gasteiger partial charge in [0.05, 0.1) is 20.5 Å². The van der Waals surface area contributed by atoms with E-state index < -0.39 is 58.0 Å². The first kappa shape index (κ1) is 13.6. The summed E-state index contributed by atoms with van der Waals surface area (Å²) in [4.78, 5) is 12.2. The molecule has 3 rings (SSSR count). The molecule has 2 aromatic heterocycles. The molecule has 144 valence electrons. The highest BCUT2D eigenvalue weighted by Crippen LogP contribution is 2.25. The highest BCUT2D eigenvalue weighted by molar-refractivity contribution is 9.10. The van der Waals surface area contributed by atoms with Crippen LogP contribution in [-0.2, 0) is 10.0 Å². The van der Waals surface area contributed by atoms with Gasteiger partial charge in [-0.2, -0.15) is 0 Å². The lowest BCUT2D eigenvalue weighted by Crippen LogP contribution is -2.27. The summed E-state index contributed by atoms with van der Waals surface area (Å²) < 4.78 is 86.6. The van der Waals surface area contributed by atoms with Gasteiger partial charge in [-0.05, 0) is 44.4 Å². The molecule has 2 N–H and O–H groups in total. The fourth-order valence-electron chi connectivity index (χ4n) is 1.82. The van der Waals surface area contributed by atoms with Crippen molar-refractivity contribution in [2.24, 2.45) is 0 Å². The Bertz CT molecular complexity index is 1320. The van der Waals surface area contributed by atoms with Crippen molar-refractivity contribution in [2.75, 3.05) is 24.6 Å². The van der Waals surface area contributed by atoms with Crippen LogP contribution < -0.4 is 15.8 Å². The zero-order valence-corrected chi connectivity index (χ0v) is 15.6. The smallest absolute Gasteiger partial charge is 0.364 e. The topological polar surface area (TPSA) is 145 Å². The van der Waals surface area contributed by atoms with E-state index in [4.69, 9.17) is 6.85 Å². The van der Waals surface area contributed by atoms with Crippen molar-refractivity contribution in [3.8, 4) is 17.2 Å². The molecule has 0 fully saturated rings. The summed E-state index contributed by atoms with van der Waals surface area (Å²) in [6, 6.07) is 1.56. The second-order valence-electron chi connectivity index (χ2n) is 4.84. The number of rotatable bonds is 7. The third kappa shape index (κ3) is 4.40. The zero-order chi connectivity index (χ0) is 24.1. The average molecular weight is 468 g/mol. The summed E-state index contributed by atoms with van der Waals surface area (Å²) in [5.41, 5.74) is -0.502. The Hall–Kier alpha value is -2.58. The Morgan fingerprint density at radius 2 is 2.19 bits per heavy atom. The van der Waals surface area contributed by atoms with E-state index in [1.54, 1.807) is 0 Å². The third-order valence-corrected chi connectivity index (χ3v) is 3.92. The van der Waals surface area contributed by atoms with Crippen LogP contribution in [0.3, 0.4) is 0 Å². The summed E-state index contributed by atoms with van der Waals surface area (Å²) in [5.74, 6) is -2.95. The van der Waals surface area contributed by atoms with E-state index in [0.717, 1.165) is 16.7 Å². The van der Waals surface area contributed by atoms with Gasteiger partial charge in [0.15, 0.2) is 5.69 Å². The molecular weight excluding hydrogens is 451 g/mol. The van der Waals surface area contributed by atoms with Gasteiger partial charge in [-0.25, -0.2) is 31.5 Å². The Morgan fingerprint density at radius 1 is 1.41 bits per heavy atom. The maximum absolute atomic E-state index is 13.8. The predicted octanol–water partition coefficient (Wildman–Crippen LogP) is 0.738. The van der Waals surface area contributed by atoms with Gasteiger partial charge in [0.1, 0.15) is 5.82 Å². The molecule has 0 saturated carbocycles. The largest absolute Gasteiger partial charge is 0.446 e. The predicted molar refractivity (Wildman–Crippen MR) is 94.4 cm³/mol. The summed E-state index contributed by atoms with van der Waals surface area (Å²) in [6.07, 6.45) is 0.638. The number of sulfonamides is 1. The van der Waals surface area contributed by atoms with Crippen LogP contribution in [0.2, 0.25) is 0 Å². The highest BCUT2D eigenvalue weighted by atomic mass is 79.9. The highest BCUT2D eigenvalue weighted by Gasteiger charge is 2.23. The van der Waals surface area contributed by atoms with Gasteiger partial charge >= 0.3 is 5.76 Å². The molecule has 0 amide bonds. The van der Waals surface area contributed by atoms with Crippen LogP contribution in [0.1, 0.15) is 6.85 Å². The van der Waals surface area contributed by atoms with Crippen LogP contribution in [0.5, 0.6) is 0 Å². The molecule has 0 atom stereocenters. The maximum Gasteiger partial charge on any atom is 0.446 e. The van der Waals surface area contributed by atoms with Gasteiger partial charge < -0.3 is 5.32 Å². The molecule has 1 aromatic carbocycles. The number of nitrogens with one attached hydrogen (secondary N) is 2. The van der Waals surface area contributed by atoms with Gasteiger partial charge in [-0.1, -0.05) is 5.16 Å². The van der Waals surface area contributed by atoms with E-state index in [1.807, 2.05) is 5.32 Å². The van der Waals surface area contributed by atoms with Crippen molar-refractivity contribution in [1.29, 1.82) is 0 Å². The quantitative estimate of drug-likeness (QED) is 0.513. The molecule has 3 aromatic rings. The Balaban J connectivity index is 2.06. The van der Waals surface area contributed by atoms with Gasteiger partial charge in [-0.15, -0.1) is 0 Å². The Kier molecular flexibility index (Phi) is 3.81. The summed E-state index contributed by atoms with van der Waals surface area (Å²) in [6.45, 7) is -6.27. The van der Waals surface area contributed by atoms with Crippen molar-refractivity contribution in [3.05, 3.63) is 39.0 Å². The first-order valence-corrected chi connectivity index (χ1v) is 9.46. The molecule has 0 unspecified atom stereocenters. The number of benzene rings is 1. The van der Waals surface area contributed by atoms with Crippen LogP contribution >= 0.6 is 15.9 Å². The molecule has 27 heavy (non-hydrogen) atoms. The second kappa shape index (κ2) is 7.58. The normalized spacial score (nSPS) is 15.4. The van der Waals surface area contributed by atoms with E-state index in [0.29, 0.717) is 6.26 Å². The minimum Gasteiger partial charge on any atom is -0.364 e. The zero-order valence-electron chi connectivity index (χ0n) is 18.1. The minimum absolute atomic E-state index is 0.0736. The third-order valence-electron chi connectivity index (χ3n) is 2.87. The fourth-order valence-corrected chi connectivity index (χ4v) is 2.41. The van der Waals surface area contributed by atoms with E-state index >= 15 is 0 Å². The molecule has 0 bridgehead atoms. The van der Waals surface area contributed by atoms with Crippen molar-refractivity contribution < 1.29 is 28.8 Å². The molecule has 0 saturated heterocycles. The van der Waals surface area contributed by atoms with E-state index in [9.17, 15) is 17.6 Å². The molecule has 0 aliphatic carbocycles. The van der Waals surface area contributed by atoms with Gasteiger partial charge in [-0.3, -0.25) is 4.52 Å². The second-order valence-corrected chi connectivity index (χ2v) is 7.44. The number of aromatic nitrogens is 4. The lowest BCUT2D eigenvalue weighted by atomic mass is 10.3. The van der Waals surface area contributed by atoms with Crippen LogP contribution in [0, 0.1) is 5.82 Å². The standard InChI is InChI=1S/C13H12BrFN6O5S/c1-27(23,24)17-5-4-16-11-10(18-26-19-11)12-20-25-13(22)21(12)7-2-3-9(15)8(14)6-7/h2-3,6,17H,4-5H2,1H3,(H,16,19)/i3D,4D2,5D2. The van der Waals surface area contributed by atoms with Crippen LogP contribution in [-0.4, -0.2) is 47.7 Å². The van der Waals surface area contributed by atoms with Crippen LogP contribution in [0.15, 0.2) is 36.6 Å². The Labute approximate surface area is 166 Å². The molecule has 0 spiro atoms. The Morgan fingerprint density at radius 3 is 2.89 bits per heavy atom. The number of nitrogens with zero attached hydrogens (tertiary/aromatic N) is 4. The van der Waals surface area contributed by atoms with Crippen molar-refractivity contribution in [1.82, 2.24) is 24.8 Å². The summed E-state index contributed by atoms with van der Waals surface area (Å²) >= 11 is 2.91. The number of hydrogen-bond acceptors (Lipinski definition) is 9. The molecule has 0 aliphatic rings. The van der Waals surface area contributed by atoms with Crippen molar-refractivity contribution >= 4 is 31.8 Å². The van der Waals surface area contributed by atoms with E-state index in [2.05, 4.69) is 40.6 Å². The summed E-state index contributed by atoms with van der Waals surface area (Å²) in [7, 11) is -4.15. The summed E-state index contributed by atoms with van der Waals surface area (Å²) in [5, 5.41) is 12.4. The van der Waals surface area contributed by atoms with Crippen molar-refractivity contribution in [2.45, 2.75) is 0 Å². The molecule has 0 aliphatic heterocycles. The van der Waals surface area contributed by atoms with Crippen molar-refractivity contribution in [3.63, 3.8) is 0 Å². The monoisotopic (exact) mass is 467 g/mol. The molecule has 2 heterocycles. The number of anilines is 1. The maximum atomic E-state index is 13.8. The molecule has 14 heteroatoms. The van der Waals surface area contributed by atoms with Crippen LogP contribution in [0.4, 0.5) is 10.2 Å². The molecular formula is C13H12BrFN6O5S. The number of halogens is 2. The lowest BCUT2D eigenvalue weighted by Gasteiger charge is -2.06. The van der Waals surface area contributed by atoms with Gasteiger partial charge in [0.2, 0.25) is 21.7 Å². The van der Waals surface area contributed by atoms with E-state index in [1.165, 1.54) is 4.72 Å². The first-order valence-electron chi connectivity index (χ1n) is 9.28.